The third-order valence-electron chi connectivity index (χ3n) is 12.9. The molecule has 59 heavy (non-hydrogen) atoms. The van der Waals surface area contributed by atoms with Crippen molar-refractivity contribution in [1.82, 2.24) is 5.32 Å². The van der Waals surface area contributed by atoms with Gasteiger partial charge in [-0.15, -0.1) is 0 Å². The molecule has 3 aromatic carbocycles. The number of esters is 2. The second-order valence-electron chi connectivity index (χ2n) is 16.5. The van der Waals surface area contributed by atoms with Crippen LogP contribution >= 0.6 is 0 Å². The minimum absolute atomic E-state index is 0. The summed E-state index contributed by atoms with van der Waals surface area (Å²) in [5.74, 6) is -3.92. The fourth-order valence-electron chi connectivity index (χ4n) is 9.64. The number of alkyl carbamates (subject to hydrolysis) is 1. The fourth-order valence-corrected chi connectivity index (χ4v) is 9.64. The maximum Gasteiger partial charge on any atom is 0.408 e. The molecule has 1 aliphatic heterocycles. The molecule has 2 bridgehead atoms. The first kappa shape index (κ1) is 48.0. The van der Waals surface area contributed by atoms with E-state index in [9.17, 15) is 39.6 Å². The number of nitrogens with one attached hydrogen (secondary N) is 1. The van der Waals surface area contributed by atoms with Crippen molar-refractivity contribution in [3.63, 3.8) is 0 Å². The van der Waals surface area contributed by atoms with Crippen molar-refractivity contribution in [2.45, 2.75) is 101 Å². The zero-order chi connectivity index (χ0) is 40.9. The smallest absolute Gasteiger partial charge is 0.408 e. The topological polar surface area (TPSA) is 198 Å². The Kier molecular flexibility index (Phi) is 15.3. The van der Waals surface area contributed by atoms with Gasteiger partial charge in [-0.05, 0) is 54.2 Å². The first-order valence-corrected chi connectivity index (χ1v) is 19.2. The summed E-state index contributed by atoms with van der Waals surface area (Å²) >= 11 is 0. The quantitative estimate of drug-likeness (QED) is 0.117. The van der Waals surface area contributed by atoms with Crippen LogP contribution in [-0.2, 0) is 35.1 Å². The number of ether oxygens (including phenoxy) is 4. The number of hydrogen-bond donors (Lipinski definition) is 5. The average molecular weight is 1240 g/mol. The van der Waals surface area contributed by atoms with E-state index in [2.05, 4.69) is 5.32 Å². The zero-order valence-electron chi connectivity index (χ0n) is 33.4. The van der Waals surface area contributed by atoms with Crippen LogP contribution in [0.25, 0.3) is 0 Å². The number of rotatable bonds is 9. The minimum atomic E-state index is -2.19. The number of aliphatic hydroxyl groups excluding tert-OH is 2. The van der Waals surface area contributed by atoms with Crippen LogP contribution < -0.4 is 5.32 Å². The summed E-state index contributed by atoms with van der Waals surface area (Å²) < 4.78 is 23.4. The largest absolute Gasteiger partial charge is 0.456 e. The van der Waals surface area contributed by atoms with Gasteiger partial charge in [0.2, 0.25) is 0 Å². The van der Waals surface area contributed by atoms with Gasteiger partial charge >= 0.3 is 18.0 Å². The van der Waals surface area contributed by atoms with Gasteiger partial charge in [-0.2, -0.15) is 0 Å². The predicted octanol–water partition coefficient (Wildman–Crippen LogP) is 4.12. The molecule has 1 saturated heterocycles. The molecule has 13 nitrogen and oxygen atoms in total. The van der Waals surface area contributed by atoms with E-state index in [0.29, 0.717) is 5.56 Å². The van der Waals surface area contributed by atoms with E-state index in [-0.39, 0.29) is 131 Å². The summed E-state index contributed by atoms with van der Waals surface area (Å²) in [7, 11) is 0. The van der Waals surface area contributed by atoms with E-state index in [1.807, 2.05) is 6.07 Å². The van der Waals surface area contributed by atoms with Gasteiger partial charge in [0.05, 0.1) is 24.3 Å². The fraction of sp³-hybridized carbons (Fsp3) is 0.455. The van der Waals surface area contributed by atoms with E-state index >= 15 is 0 Å². The molecule has 5 N–H and O–H groups in total. The van der Waals surface area contributed by atoms with Crippen molar-refractivity contribution in [2.24, 2.45) is 16.7 Å². The monoisotopic (exact) mass is 1240 g/mol. The Bertz CT molecular complexity index is 2050. The Morgan fingerprint density at radius 2 is 1.49 bits per heavy atom. The summed E-state index contributed by atoms with van der Waals surface area (Å²) in [4.78, 5) is 55.7. The first-order valence-electron chi connectivity index (χ1n) is 19.2. The van der Waals surface area contributed by atoms with E-state index in [1.54, 1.807) is 100 Å². The summed E-state index contributed by atoms with van der Waals surface area (Å²) in [6, 6.07) is 24.0. The molecule has 2 radical (unpaired) electrons. The van der Waals surface area contributed by atoms with Gasteiger partial charge in [0, 0.05) is 111 Å². The van der Waals surface area contributed by atoms with E-state index < -0.39 is 94.7 Å². The molecule has 3 aromatic rings. The molecular formula is C44H49Ac2NO12. The average Bonchev–Trinajstić information content (AvgIpc) is 3.20. The first-order chi connectivity index (χ1) is 27.0. The van der Waals surface area contributed by atoms with Crippen molar-refractivity contribution in [1.29, 1.82) is 0 Å². The maximum absolute atomic E-state index is 14.7. The molecule has 10 atom stereocenters. The van der Waals surface area contributed by atoms with Crippen LogP contribution in [0.3, 0.4) is 0 Å². The molecule has 308 valence electrons. The number of aliphatic hydroxyl groups is 4. The summed E-state index contributed by atoms with van der Waals surface area (Å²) in [6.07, 6.45) is -8.39. The SMILES string of the molecule is CC1=C2C(O)C(=O)[C@]3(C)CCC4OCC4(O)C3[C@H](OC(=O)c3ccccc3)C(O)(CC1OC(=O)C(O)C(NC(=O)OCc1ccccc1)c1ccccc1)C2(C)C.[Ac].[Ac]. The van der Waals surface area contributed by atoms with Crippen LogP contribution in [-0.4, -0.2) is 92.6 Å². The molecule has 0 aromatic heterocycles. The van der Waals surface area contributed by atoms with Crippen LogP contribution in [0, 0.1) is 105 Å². The van der Waals surface area contributed by atoms with Crippen LogP contribution in [0.2, 0.25) is 0 Å². The van der Waals surface area contributed by atoms with Gasteiger partial charge in [0.25, 0.3) is 0 Å². The number of Topliss-reactive ketones (excluding diaryl/α,β-unsaturated/α-hetero) is 1. The van der Waals surface area contributed by atoms with Crippen molar-refractivity contribution < 1.29 is 147 Å². The van der Waals surface area contributed by atoms with Gasteiger partial charge in [0.1, 0.15) is 36.1 Å². The van der Waals surface area contributed by atoms with Gasteiger partial charge in [-0.25, -0.2) is 14.4 Å². The zero-order valence-corrected chi connectivity index (χ0v) is 42.9. The maximum atomic E-state index is 14.7. The number of carbonyl (C=O) groups is 4. The normalized spacial score (nSPS) is 31.4. The van der Waals surface area contributed by atoms with Gasteiger partial charge in [-0.3, -0.25) is 4.79 Å². The molecule has 1 amide bonds. The number of hydrogen-bond acceptors (Lipinski definition) is 12. The molecule has 3 fully saturated rings. The van der Waals surface area contributed by atoms with Crippen molar-refractivity contribution in [3.05, 3.63) is 119 Å². The minimum Gasteiger partial charge on any atom is -0.456 e. The van der Waals surface area contributed by atoms with Gasteiger partial charge in [0.15, 0.2) is 11.9 Å². The molecule has 15 heteroatoms. The van der Waals surface area contributed by atoms with Crippen molar-refractivity contribution >= 4 is 23.8 Å². The number of benzene rings is 3. The van der Waals surface area contributed by atoms with Crippen molar-refractivity contribution in [2.75, 3.05) is 6.61 Å². The van der Waals surface area contributed by atoms with Crippen LogP contribution in [0.1, 0.15) is 74.5 Å². The van der Waals surface area contributed by atoms with Gasteiger partial charge in [-0.1, -0.05) is 99.6 Å². The summed E-state index contributed by atoms with van der Waals surface area (Å²) in [6.45, 7) is 6.13. The Labute approximate surface area is 414 Å². The molecular weight excluding hydrogens is 1190 g/mol. The Morgan fingerprint density at radius 3 is 2.08 bits per heavy atom. The van der Waals surface area contributed by atoms with E-state index in [0.717, 1.165) is 5.56 Å². The molecule has 2 saturated carbocycles. The molecule has 1 heterocycles. The molecule has 3 aliphatic carbocycles. The third-order valence-corrected chi connectivity index (χ3v) is 12.9. The third kappa shape index (κ3) is 8.69. The van der Waals surface area contributed by atoms with E-state index in [4.69, 9.17) is 18.9 Å². The predicted molar refractivity (Wildman–Crippen MR) is 203 cm³/mol. The summed E-state index contributed by atoms with van der Waals surface area (Å²) in [5.41, 5.74) is -5.36. The standard InChI is InChI=1S/C44H49NO12.2Ac/c1-25-29(56-39(50)34(47)32(27-16-10-6-11-17-27)45-40(51)54-23-26-14-8-5-9-15-26)22-44(53)37(57-38(49)28-18-12-7-13-19-28)35-42(4,21-20-30-43(35,52)24-55-30)36(48)33(46)31(25)41(44,2)3;;/h5-19,29-30,32-35,37,46-47,52-53H,20-24H2,1-4H3,(H,45,51);;/t29?,30?,32?,33?,34?,35?,37-,42+,43?,44?;;/m0../s1. The number of ketones is 1. The van der Waals surface area contributed by atoms with Crippen LogP contribution in [0.5, 0.6) is 0 Å². The molecule has 4 aliphatic rings. The number of carbonyl (C=O) groups excluding carboxylic acids is 4. The second kappa shape index (κ2) is 18.7. The molecule has 8 unspecified atom stereocenters. The summed E-state index contributed by atoms with van der Waals surface area (Å²) in [5, 5.41) is 51.8. The molecule has 0 spiro atoms. The number of amides is 1. The Morgan fingerprint density at radius 1 is 0.898 bits per heavy atom. The second-order valence-corrected chi connectivity index (χ2v) is 16.5. The van der Waals surface area contributed by atoms with Crippen LogP contribution in [0.4, 0.5) is 4.79 Å². The Balaban J connectivity index is 0.00000331. The van der Waals surface area contributed by atoms with E-state index in [1.165, 1.54) is 12.1 Å². The number of fused-ring (bicyclic) bond motifs is 5. The molecule has 7 rings (SSSR count). The van der Waals surface area contributed by atoms with Gasteiger partial charge < -0.3 is 44.7 Å². The van der Waals surface area contributed by atoms with Crippen LogP contribution in [0.15, 0.2) is 102 Å². The Hall–Kier alpha value is -2.04. The van der Waals surface area contributed by atoms with Crippen molar-refractivity contribution in [3.8, 4) is 0 Å².